The highest BCUT2D eigenvalue weighted by molar-refractivity contribution is 7.98. The van der Waals surface area contributed by atoms with E-state index in [1.165, 1.54) is 30.1 Å². The maximum atomic E-state index is 12.8. The summed E-state index contributed by atoms with van der Waals surface area (Å²) in [7, 11) is 0. The molecule has 0 N–H and O–H groups in total. The highest BCUT2D eigenvalue weighted by atomic mass is 32.2. The lowest BCUT2D eigenvalue weighted by molar-refractivity contribution is -0.137. The smallest absolute Gasteiger partial charge is 0.416 e. The average molecular weight is 450 g/mol. The lowest BCUT2D eigenvalue weighted by Crippen LogP contribution is -2.16. The summed E-state index contributed by atoms with van der Waals surface area (Å²) in [5, 5.41) is 4.26. The number of benzene rings is 1. The molecule has 2 aromatic heterocycles. The largest absolute Gasteiger partial charge is 0.454 e. The van der Waals surface area contributed by atoms with Gasteiger partial charge in [-0.3, -0.25) is 4.79 Å². The molecule has 0 fully saturated rings. The van der Waals surface area contributed by atoms with E-state index in [2.05, 4.69) is 10.1 Å². The van der Waals surface area contributed by atoms with Crippen LogP contribution in [0.5, 0.6) is 0 Å². The number of rotatable bonds is 7. The minimum Gasteiger partial charge on any atom is -0.454 e. The van der Waals surface area contributed by atoms with E-state index in [0.717, 1.165) is 29.5 Å². The van der Waals surface area contributed by atoms with Crippen LogP contribution in [-0.4, -0.2) is 28.5 Å². The van der Waals surface area contributed by atoms with Crippen LogP contribution in [0.15, 0.2) is 52.1 Å². The number of pyridine rings is 1. The molecule has 0 aliphatic carbocycles. The Balaban J connectivity index is 1.67. The topological polar surface area (TPSA) is 82.3 Å². The Bertz CT molecular complexity index is 1090. The van der Waals surface area contributed by atoms with Gasteiger partial charge in [0.2, 0.25) is 0 Å². The molecule has 0 spiro atoms. The van der Waals surface area contributed by atoms with Crippen molar-refractivity contribution in [1.29, 1.82) is 0 Å². The molecule has 0 amide bonds. The number of halogens is 3. The summed E-state index contributed by atoms with van der Waals surface area (Å²) in [6.45, 7) is 2.89. The van der Waals surface area contributed by atoms with Gasteiger partial charge in [-0.15, -0.1) is 11.8 Å². The lowest BCUT2D eigenvalue weighted by atomic mass is 10.1. The molecule has 0 atom stereocenters. The van der Waals surface area contributed by atoms with Crippen LogP contribution in [0.2, 0.25) is 0 Å². The molecule has 31 heavy (non-hydrogen) atoms. The van der Waals surface area contributed by atoms with Crippen molar-refractivity contribution < 1.29 is 32.0 Å². The number of Topliss-reactive ketones (excluding diaryl/α,β-unsaturated/α-hetero) is 1. The second kappa shape index (κ2) is 9.34. The number of esters is 1. The molecule has 0 saturated heterocycles. The SMILES string of the molecule is Cc1noc(C)c1CSc1ncccc1C(=O)OCC(=O)c1cccc(C(F)(F)F)c1. The number of aromatic nitrogens is 2. The van der Waals surface area contributed by atoms with Gasteiger partial charge in [-0.2, -0.15) is 13.2 Å². The summed E-state index contributed by atoms with van der Waals surface area (Å²) in [5.41, 5.74) is 0.624. The first kappa shape index (κ1) is 22.5. The van der Waals surface area contributed by atoms with Gasteiger partial charge in [0.15, 0.2) is 12.4 Å². The van der Waals surface area contributed by atoms with Crippen molar-refractivity contribution in [2.75, 3.05) is 6.61 Å². The van der Waals surface area contributed by atoms with Gasteiger partial charge in [0.25, 0.3) is 0 Å². The van der Waals surface area contributed by atoms with Crippen molar-refractivity contribution in [2.45, 2.75) is 30.8 Å². The molecule has 10 heteroatoms. The van der Waals surface area contributed by atoms with Crippen molar-refractivity contribution in [1.82, 2.24) is 10.1 Å². The maximum absolute atomic E-state index is 12.8. The fourth-order valence-electron chi connectivity index (χ4n) is 2.67. The molecule has 0 saturated carbocycles. The maximum Gasteiger partial charge on any atom is 0.416 e. The fourth-order valence-corrected chi connectivity index (χ4v) is 3.81. The van der Waals surface area contributed by atoms with Crippen molar-refractivity contribution in [3.63, 3.8) is 0 Å². The summed E-state index contributed by atoms with van der Waals surface area (Å²) in [6, 6.07) is 7.00. The van der Waals surface area contributed by atoms with Crippen LogP contribution in [0, 0.1) is 13.8 Å². The van der Waals surface area contributed by atoms with Crippen LogP contribution in [0.3, 0.4) is 0 Å². The highest BCUT2D eigenvalue weighted by Gasteiger charge is 2.31. The standard InChI is InChI=1S/C21H17F3N2O4S/c1-12-17(13(2)30-26-12)11-31-19-16(7-4-8-25-19)20(28)29-10-18(27)14-5-3-6-15(9-14)21(22,23)24/h3-9H,10-11H2,1-2H3. The minimum absolute atomic E-state index is 0.149. The third-order valence-electron chi connectivity index (χ3n) is 4.37. The summed E-state index contributed by atoms with van der Waals surface area (Å²) < 4.78 is 48.6. The summed E-state index contributed by atoms with van der Waals surface area (Å²) >= 11 is 1.27. The predicted molar refractivity (Wildman–Crippen MR) is 106 cm³/mol. The molecule has 0 radical (unpaired) electrons. The van der Waals surface area contributed by atoms with Gasteiger partial charge in [0.05, 0.1) is 16.8 Å². The lowest BCUT2D eigenvalue weighted by Gasteiger charge is -2.10. The van der Waals surface area contributed by atoms with Crippen molar-refractivity contribution in [3.05, 3.63) is 76.3 Å². The summed E-state index contributed by atoms with van der Waals surface area (Å²) in [4.78, 5) is 28.9. The molecule has 0 aliphatic rings. The number of alkyl halides is 3. The molecule has 3 aromatic rings. The number of carbonyl (C=O) groups excluding carboxylic acids is 2. The van der Waals surface area contributed by atoms with E-state index in [1.54, 1.807) is 19.9 Å². The van der Waals surface area contributed by atoms with Gasteiger partial charge in [0.1, 0.15) is 10.8 Å². The van der Waals surface area contributed by atoms with E-state index in [9.17, 15) is 22.8 Å². The number of ether oxygens (including phenoxy) is 1. The Morgan fingerprint density at radius 1 is 1.16 bits per heavy atom. The molecule has 162 valence electrons. The second-order valence-corrected chi connectivity index (χ2v) is 7.49. The zero-order valence-corrected chi connectivity index (χ0v) is 17.3. The monoisotopic (exact) mass is 450 g/mol. The van der Waals surface area contributed by atoms with E-state index >= 15 is 0 Å². The van der Waals surface area contributed by atoms with E-state index in [-0.39, 0.29) is 11.1 Å². The normalized spacial score (nSPS) is 11.4. The Labute approximate surface area is 179 Å². The predicted octanol–water partition coefficient (Wildman–Crippen LogP) is 5.04. The zero-order valence-electron chi connectivity index (χ0n) is 16.5. The van der Waals surface area contributed by atoms with Crippen molar-refractivity contribution in [3.8, 4) is 0 Å². The van der Waals surface area contributed by atoms with E-state index in [0.29, 0.717) is 16.5 Å². The number of hydrogen-bond donors (Lipinski definition) is 0. The molecule has 0 unspecified atom stereocenters. The Kier molecular flexibility index (Phi) is 6.79. The first-order valence-electron chi connectivity index (χ1n) is 9.04. The number of aryl methyl sites for hydroxylation is 2. The zero-order chi connectivity index (χ0) is 22.6. The number of hydrogen-bond acceptors (Lipinski definition) is 7. The average Bonchev–Trinajstić information content (AvgIpc) is 3.07. The third kappa shape index (κ3) is 5.52. The van der Waals surface area contributed by atoms with Crippen molar-refractivity contribution in [2.24, 2.45) is 0 Å². The van der Waals surface area contributed by atoms with Gasteiger partial charge < -0.3 is 9.26 Å². The quantitative estimate of drug-likeness (QED) is 0.283. The number of nitrogens with zero attached hydrogens (tertiary/aromatic N) is 2. The first-order chi connectivity index (χ1) is 14.7. The van der Waals surface area contributed by atoms with Crippen molar-refractivity contribution >= 4 is 23.5 Å². The van der Waals surface area contributed by atoms with Gasteiger partial charge in [0, 0.05) is 23.1 Å². The molecule has 2 heterocycles. The fraction of sp³-hybridized carbons (Fsp3) is 0.238. The third-order valence-corrected chi connectivity index (χ3v) is 5.40. The van der Waals surface area contributed by atoms with E-state index in [4.69, 9.17) is 9.26 Å². The van der Waals surface area contributed by atoms with Crippen LogP contribution in [-0.2, 0) is 16.7 Å². The Morgan fingerprint density at radius 3 is 2.61 bits per heavy atom. The van der Waals surface area contributed by atoms with Gasteiger partial charge >= 0.3 is 12.1 Å². The molecule has 0 aliphatic heterocycles. The van der Waals surface area contributed by atoms with Crippen LogP contribution in [0.1, 0.15) is 43.3 Å². The van der Waals surface area contributed by atoms with Crippen LogP contribution >= 0.6 is 11.8 Å². The Hall–Kier alpha value is -3.14. The highest BCUT2D eigenvalue weighted by Crippen LogP contribution is 2.30. The Morgan fingerprint density at radius 2 is 1.94 bits per heavy atom. The summed E-state index contributed by atoms with van der Waals surface area (Å²) in [6.07, 6.45) is -3.06. The number of ketones is 1. The minimum atomic E-state index is -4.57. The van der Waals surface area contributed by atoms with Gasteiger partial charge in [-0.1, -0.05) is 17.3 Å². The first-order valence-corrected chi connectivity index (χ1v) is 10.0. The number of thioether (sulfide) groups is 1. The van der Waals surface area contributed by atoms with Gasteiger partial charge in [-0.05, 0) is 38.1 Å². The molecule has 0 bridgehead atoms. The second-order valence-electron chi connectivity index (χ2n) is 6.53. The number of carbonyl (C=O) groups is 2. The van der Waals surface area contributed by atoms with Gasteiger partial charge in [-0.25, -0.2) is 9.78 Å². The molecule has 3 rings (SSSR count). The molecular weight excluding hydrogens is 433 g/mol. The van der Waals surface area contributed by atoms with Crippen LogP contribution in [0.25, 0.3) is 0 Å². The molecule has 1 aromatic carbocycles. The van der Waals surface area contributed by atoms with E-state index in [1.807, 2.05) is 0 Å². The molecular formula is C21H17F3N2O4S. The van der Waals surface area contributed by atoms with Crippen LogP contribution < -0.4 is 0 Å². The molecule has 6 nitrogen and oxygen atoms in total. The van der Waals surface area contributed by atoms with E-state index < -0.39 is 30.1 Å². The summed E-state index contributed by atoms with van der Waals surface area (Å²) in [5.74, 6) is -0.415. The van der Waals surface area contributed by atoms with Crippen LogP contribution in [0.4, 0.5) is 13.2 Å².